The number of carbonyl (C=O) groups is 12. The zero-order valence-corrected chi connectivity index (χ0v) is 65.4. The number of urea groups is 4. The molecule has 16 rings (SSSR count). The van der Waals surface area contributed by atoms with Crippen molar-refractivity contribution in [1.29, 1.82) is 0 Å². The molecule has 8 aromatic carbocycles. The number of methoxy groups -OCH3 is 4. The number of imide groups is 4. The molecule has 8 heterocycles. The van der Waals surface area contributed by atoms with E-state index in [-0.39, 0.29) is 102 Å². The fourth-order valence-electron chi connectivity index (χ4n) is 13.7. The van der Waals surface area contributed by atoms with Crippen molar-refractivity contribution < 1.29 is 108 Å². The van der Waals surface area contributed by atoms with Gasteiger partial charge in [0.25, 0.3) is 47.3 Å². The monoisotopic (exact) mass is 1710 g/mol. The molecule has 0 radical (unpaired) electrons. The van der Waals surface area contributed by atoms with Gasteiger partial charge in [-0.15, -0.1) is 13.2 Å². The summed E-state index contributed by atoms with van der Waals surface area (Å²) in [4.78, 5) is 155. The summed E-state index contributed by atoms with van der Waals surface area (Å²) < 4.78 is 104. The third kappa shape index (κ3) is 18.1. The lowest BCUT2D eigenvalue weighted by atomic mass is 9.99. The van der Waals surface area contributed by atoms with Gasteiger partial charge in [0.1, 0.15) is 46.2 Å². The van der Waals surface area contributed by atoms with Crippen LogP contribution in [-0.4, -0.2) is 174 Å². The number of carbonyl (C=O) groups excluding carboxylic acids is 12. The smallest absolute Gasteiger partial charge is 0.497 e. The van der Waals surface area contributed by atoms with E-state index in [2.05, 4.69) is 94.6 Å². The van der Waals surface area contributed by atoms with Crippen molar-refractivity contribution in [3.8, 4) is 76.1 Å². The van der Waals surface area contributed by atoms with Crippen LogP contribution in [0.15, 0.2) is 158 Å². The van der Waals surface area contributed by atoms with Gasteiger partial charge in [0.15, 0.2) is 0 Å². The Morgan fingerprint density at radius 2 is 0.689 bits per heavy atom. The predicted octanol–water partition coefficient (Wildman–Crippen LogP) is 7.75. The first-order chi connectivity index (χ1) is 58.1. The molecule has 29 nitrogen and oxygen atoms in total. The van der Waals surface area contributed by atoms with Crippen LogP contribution in [0.25, 0.3) is 0 Å². The first kappa shape index (κ1) is 84.7. The average Bonchev–Trinajstić information content (AvgIpc) is 1.63. The van der Waals surface area contributed by atoms with Gasteiger partial charge in [-0.3, -0.25) is 59.6 Å². The molecule has 0 bridgehead atoms. The zero-order chi connectivity index (χ0) is 87.3. The minimum absolute atomic E-state index is 0.0309. The molecule has 8 N–H and O–H groups in total. The van der Waals surface area contributed by atoms with Crippen molar-refractivity contribution in [2.45, 2.75) is 54.7 Å². The van der Waals surface area contributed by atoms with Crippen LogP contribution in [0.1, 0.15) is 85.9 Å². The second-order valence-corrected chi connectivity index (χ2v) is 28.6. The molecule has 16 amide bonds. The molecular weight excluding hydrogens is 1650 g/mol. The maximum absolute atomic E-state index is 14.0. The highest BCUT2D eigenvalue weighted by Crippen LogP contribution is 2.35. The number of halogens is 8. The lowest BCUT2D eigenvalue weighted by Crippen LogP contribution is -2.54. The van der Waals surface area contributed by atoms with E-state index in [9.17, 15) is 83.9 Å². The molecule has 4 atom stereocenters. The molecule has 4 fully saturated rings. The number of hydrogen-bond donors (Lipinski definition) is 8. The number of rotatable bonds is 13. The van der Waals surface area contributed by atoms with Gasteiger partial charge in [0.2, 0.25) is 22.2 Å². The van der Waals surface area contributed by atoms with Crippen molar-refractivity contribution in [2.75, 3.05) is 54.6 Å². The fraction of sp³-hybridized carbons (Fsp3) is 0.200. The van der Waals surface area contributed by atoms with E-state index >= 15 is 0 Å². The number of nitrogens with zero attached hydrogens (tertiary/aromatic N) is 4. The summed E-state index contributed by atoms with van der Waals surface area (Å²) in [6.45, 7) is -0.0296. The molecule has 0 saturated carbocycles. The molecule has 0 unspecified atom stereocenters. The topological polar surface area (TPSA) is 360 Å². The summed E-state index contributed by atoms with van der Waals surface area (Å²) in [5, 5.41) is 18.8. The summed E-state index contributed by atoms with van der Waals surface area (Å²) in [6.07, 6.45) is -4.94. The van der Waals surface area contributed by atoms with Crippen LogP contribution in [0, 0.1) is 64.8 Å². The number of hydrogen-bond acceptors (Lipinski definition) is 17. The van der Waals surface area contributed by atoms with Crippen molar-refractivity contribution in [2.24, 2.45) is 0 Å². The average molecular weight is 1710 g/mol. The molecule has 8 aliphatic heterocycles. The predicted molar refractivity (Wildman–Crippen MR) is 418 cm³/mol. The Hall–Kier alpha value is -15.2. The van der Waals surface area contributed by atoms with E-state index in [4.69, 9.17) is 42.1 Å². The van der Waals surface area contributed by atoms with Crippen LogP contribution in [0.2, 0.25) is 10.0 Å². The first-order valence-electron chi connectivity index (χ1n) is 36.2. The molecule has 37 heteroatoms. The third-order valence-electron chi connectivity index (χ3n) is 19.7. The molecule has 0 spiro atoms. The highest BCUT2D eigenvalue weighted by Gasteiger charge is 2.53. The summed E-state index contributed by atoms with van der Waals surface area (Å²) in [5.74, 6) is 16.4. The van der Waals surface area contributed by atoms with E-state index in [0.717, 1.165) is 34.9 Å². The number of alkyl halides is 3. The fourth-order valence-corrected chi connectivity index (χ4v) is 14.0. The minimum atomic E-state index is -4.94. The maximum atomic E-state index is 14.0. The van der Waals surface area contributed by atoms with E-state index in [0.29, 0.717) is 50.8 Å². The van der Waals surface area contributed by atoms with E-state index in [1.54, 1.807) is 78.9 Å². The van der Waals surface area contributed by atoms with Gasteiger partial charge < -0.3 is 64.6 Å². The summed E-state index contributed by atoms with van der Waals surface area (Å²) in [7, 11) is 5.96. The van der Waals surface area contributed by atoms with Crippen molar-refractivity contribution >= 4 is 94.6 Å². The van der Waals surface area contributed by atoms with Crippen LogP contribution >= 0.6 is 23.2 Å². The van der Waals surface area contributed by atoms with Crippen LogP contribution in [0.5, 0.6) is 28.7 Å². The van der Waals surface area contributed by atoms with Crippen molar-refractivity contribution in [3.63, 3.8) is 0 Å². The number of fused-ring (bicyclic) bond motifs is 4. The van der Waals surface area contributed by atoms with Gasteiger partial charge >= 0.3 is 30.5 Å². The third-order valence-corrected chi connectivity index (χ3v) is 20.3. The highest BCUT2D eigenvalue weighted by molar-refractivity contribution is 6.32. The molecule has 620 valence electrons. The standard InChI is InChI=1S/C22H16F3N3O5.2C21H15ClFN3O4.C21H16FN3O4/c1-32-15-7-6-14-11-28(18(29)16(14)10-15)12-21(19(30)26-20(31)27-21)9-8-13-4-2-3-5-17(13)33-22(23,24)25;1-30-15-4-2-13-10-26(18(27)16(13)9-15)11-21(19(28)24-20(29)25-21)7-6-12-8-14(23)3-5-17(12)22;1-30-15-4-2-13-10-26(18(27)16(13)9-15)11-21(19(28)24-20(29)25-21)7-6-12-8-14(22)3-5-17(12)23;1-29-15-7-6-14-11-25(18(26)16(14)10-15)12-21(19(27)23-20(28)24-21)9-8-13-4-2-3-5-17(13)22/h2-7,10H,11-12H2,1H3,(H2,26,27,30,31);2*2-5,8-9H,10-11H2,1H3,(H2,24,25,28,29);2-7,10H,11-12H2,1H3,(H2,23,24,27,28)/t4*21-/m1111/s1. The first-order valence-corrected chi connectivity index (χ1v) is 36.9. The van der Waals surface area contributed by atoms with Gasteiger partial charge in [-0.05, 0) is 131 Å². The molecule has 0 aliphatic carbocycles. The molecule has 8 aromatic rings. The van der Waals surface area contributed by atoms with Crippen LogP contribution in [-0.2, 0) is 45.4 Å². The van der Waals surface area contributed by atoms with Crippen LogP contribution in [0.4, 0.5) is 45.5 Å². The maximum Gasteiger partial charge on any atom is 0.573 e. The van der Waals surface area contributed by atoms with Crippen molar-refractivity contribution in [3.05, 3.63) is 252 Å². The molecule has 0 aromatic heterocycles. The van der Waals surface area contributed by atoms with Crippen LogP contribution in [0.3, 0.4) is 0 Å². The van der Waals surface area contributed by atoms with Crippen molar-refractivity contribution in [1.82, 2.24) is 62.1 Å². The van der Waals surface area contributed by atoms with Gasteiger partial charge in [-0.1, -0.05) is 119 Å². The number of ether oxygens (including phenoxy) is 5. The second-order valence-electron chi connectivity index (χ2n) is 27.8. The number of nitrogens with one attached hydrogen (secondary N) is 8. The Balaban J connectivity index is 0.000000140. The number of amides is 16. The summed E-state index contributed by atoms with van der Waals surface area (Å²) >= 11 is 11.9. The Morgan fingerprint density at radius 1 is 0.369 bits per heavy atom. The van der Waals surface area contributed by atoms with E-state index in [1.165, 1.54) is 109 Å². The Labute approximate surface area is 698 Å². The van der Waals surface area contributed by atoms with Gasteiger partial charge in [-0.2, -0.15) is 0 Å². The Kier molecular flexibility index (Phi) is 23.9. The lowest BCUT2D eigenvalue weighted by Gasteiger charge is -2.26. The van der Waals surface area contributed by atoms with Gasteiger partial charge in [0, 0.05) is 59.0 Å². The lowest BCUT2D eigenvalue weighted by molar-refractivity contribution is -0.274. The van der Waals surface area contributed by atoms with Crippen LogP contribution < -0.4 is 66.2 Å². The summed E-state index contributed by atoms with van der Waals surface area (Å²) in [6, 6.07) is 35.8. The number of benzene rings is 8. The SMILES string of the molecule is COc1ccc2c(c1)C(=O)N(C[C@@]1(C#Cc3cc(Cl)ccc3F)NC(=O)NC1=O)C2.COc1ccc2c(c1)C(=O)N(C[C@@]1(C#Cc3cc(F)ccc3Cl)NC(=O)NC1=O)C2.COc1ccc2c(c1)C(=O)N(C[C@@]1(C#Cc3ccccc3F)NC(=O)NC1=O)C2.COc1ccc2c(c1)C(=O)N(C[C@@]1(C#Cc3ccccc3OC(F)(F)F)NC(=O)NC1=O)C2. The zero-order valence-electron chi connectivity index (χ0n) is 63.9. The Morgan fingerprint density at radius 3 is 1.02 bits per heavy atom. The molecular formula is C85H62Cl2F6N12O17. The minimum Gasteiger partial charge on any atom is -0.497 e. The normalized spacial score (nSPS) is 19.7. The molecule has 8 aliphatic rings. The second kappa shape index (κ2) is 34.4. The summed E-state index contributed by atoms with van der Waals surface area (Å²) in [5.41, 5.74) is -2.18. The highest BCUT2D eigenvalue weighted by atomic mass is 35.5. The molecule has 122 heavy (non-hydrogen) atoms. The van der Waals surface area contributed by atoms with E-state index < -0.39 is 105 Å². The van der Waals surface area contributed by atoms with Gasteiger partial charge in [0.05, 0.1) is 76.3 Å². The Bertz CT molecular complexity index is 5910. The number of para-hydroxylation sites is 1. The quantitative estimate of drug-likeness (QED) is 0.0311. The van der Waals surface area contributed by atoms with Gasteiger partial charge in [-0.25, -0.2) is 32.3 Å². The largest absolute Gasteiger partial charge is 0.573 e. The molecule has 4 saturated heterocycles. The van der Waals surface area contributed by atoms with E-state index in [1.807, 2.05) is 0 Å².